The minimum atomic E-state index is -0.215. The number of fused-ring (bicyclic) bond motifs is 5. The lowest BCUT2D eigenvalue weighted by molar-refractivity contribution is -0.130. The number of Topliss-reactive ketones (excluding diaryl/α,β-unsaturated/α-hetero) is 1. The van der Waals surface area contributed by atoms with Gasteiger partial charge in [-0.15, -0.1) is 0 Å². The number of ketones is 1. The molecule has 4 nitrogen and oxygen atoms in total. The molecule has 1 heterocycles. The highest BCUT2D eigenvalue weighted by atomic mass is 16.3. The Balaban J connectivity index is 1.50. The highest BCUT2D eigenvalue weighted by Crippen LogP contribution is 2.64. The zero-order valence-corrected chi connectivity index (χ0v) is 19.2. The van der Waals surface area contributed by atoms with Crippen molar-refractivity contribution < 1.29 is 9.90 Å². The highest BCUT2D eigenvalue weighted by Gasteiger charge is 2.59. The Kier molecular flexibility index (Phi) is 4.49. The van der Waals surface area contributed by atoms with Crippen molar-refractivity contribution in [3.05, 3.63) is 34.2 Å². The van der Waals surface area contributed by atoms with Gasteiger partial charge in [0.15, 0.2) is 5.78 Å². The van der Waals surface area contributed by atoms with E-state index in [1.54, 1.807) is 0 Å². The van der Waals surface area contributed by atoms with Crippen LogP contribution in [0, 0.1) is 42.4 Å². The maximum atomic E-state index is 13.6. The molecule has 3 saturated carbocycles. The Labute approximate surface area is 180 Å². The van der Waals surface area contributed by atoms with Crippen LogP contribution in [0.4, 0.5) is 0 Å². The second-order valence-corrected chi connectivity index (χ2v) is 11.0. The Morgan fingerprint density at radius 1 is 1.13 bits per heavy atom. The van der Waals surface area contributed by atoms with Gasteiger partial charge in [0, 0.05) is 23.7 Å². The first-order valence-corrected chi connectivity index (χ1v) is 11.8. The molecule has 5 rings (SSSR count). The topological polar surface area (TPSA) is 55.1 Å². The molecule has 0 aromatic carbocycles. The Morgan fingerprint density at radius 2 is 1.87 bits per heavy atom. The summed E-state index contributed by atoms with van der Waals surface area (Å²) >= 11 is 0. The lowest BCUT2D eigenvalue weighted by atomic mass is 9.48. The predicted molar refractivity (Wildman–Crippen MR) is 119 cm³/mol. The molecule has 30 heavy (non-hydrogen) atoms. The number of rotatable bonds is 1. The van der Waals surface area contributed by atoms with Crippen LogP contribution in [0.3, 0.4) is 0 Å². The molecular formula is C26H36N2O2. The zero-order chi connectivity index (χ0) is 21.4. The van der Waals surface area contributed by atoms with E-state index in [1.807, 2.05) is 18.7 Å². The van der Waals surface area contributed by atoms with Crippen LogP contribution in [0.25, 0.3) is 6.08 Å². The van der Waals surface area contributed by atoms with Gasteiger partial charge in [-0.05, 0) is 93.6 Å². The average molecular weight is 409 g/mol. The second-order valence-electron chi connectivity index (χ2n) is 11.0. The molecule has 0 radical (unpaired) electrons. The largest absolute Gasteiger partial charge is 0.393 e. The fourth-order valence-electron chi connectivity index (χ4n) is 7.61. The average Bonchev–Trinajstić information content (AvgIpc) is 3.10. The maximum absolute atomic E-state index is 13.6. The van der Waals surface area contributed by atoms with Crippen LogP contribution in [0.15, 0.2) is 17.2 Å². The summed E-state index contributed by atoms with van der Waals surface area (Å²) in [7, 11) is 1.97. The van der Waals surface area contributed by atoms with Crippen molar-refractivity contribution in [1.29, 1.82) is 0 Å². The first-order valence-electron chi connectivity index (χ1n) is 11.8. The molecule has 0 unspecified atom stereocenters. The Morgan fingerprint density at radius 3 is 2.57 bits per heavy atom. The number of carbonyl (C=O) groups is 1. The molecule has 3 fully saturated rings. The van der Waals surface area contributed by atoms with Gasteiger partial charge < -0.3 is 5.11 Å². The number of aromatic nitrogens is 2. The van der Waals surface area contributed by atoms with Crippen LogP contribution < -0.4 is 0 Å². The molecule has 4 aliphatic carbocycles. The molecule has 4 heteroatoms. The van der Waals surface area contributed by atoms with E-state index in [0.29, 0.717) is 23.5 Å². The molecule has 0 spiro atoms. The van der Waals surface area contributed by atoms with E-state index in [9.17, 15) is 9.90 Å². The van der Waals surface area contributed by atoms with Gasteiger partial charge in [0.25, 0.3) is 0 Å². The molecule has 1 aromatic heterocycles. The van der Waals surface area contributed by atoms with E-state index < -0.39 is 0 Å². The van der Waals surface area contributed by atoms with Crippen molar-refractivity contribution >= 4 is 11.9 Å². The number of nitrogens with zero attached hydrogens (tertiary/aromatic N) is 2. The van der Waals surface area contributed by atoms with Gasteiger partial charge in [0.2, 0.25) is 0 Å². The molecule has 1 N–H and O–H groups in total. The molecule has 0 amide bonds. The van der Waals surface area contributed by atoms with Crippen LogP contribution in [0.2, 0.25) is 0 Å². The van der Waals surface area contributed by atoms with Crippen LogP contribution in [0.1, 0.15) is 75.7 Å². The molecule has 0 aliphatic heterocycles. The number of hydrogen-bond acceptors (Lipinski definition) is 3. The zero-order valence-electron chi connectivity index (χ0n) is 19.2. The molecular weight excluding hydrogens is 372 g/mol. The predicted octanol–water partition coefficient (Wildman–Crippen LogP) is 4.92. The summed E-state index contributed by atoms with van der Waals surface area (Å²) in [5.41, 5.74) is 5.77. The van der Waals surface area contributed by atoms with E-state index in [2.05, 4.69) is 38.0 Å². The molecule has 0 bridgehead atoms. The van der Waals surface area contributed by atoms with Crippen LogP contribution in [-0.2, 0) is 11.8 Å². The number of carbonyl (C=O) groups excluding carboxylic acids is 1. The minimum absolute atomic E-state index is 0.164. The van der Waals surface area contributed by atoms with Gasteiger partial charge >= 0.3 is 0 Å². The van der Waals surface area contributed by atoms with Crippen LogP contribution >= 0.6 is 0 Å². The van der Waals surface area contributed by atoms with E-state index in [-0.39, 0.29) is 16.9 Å². The second kappa shape index (κ2) is 6.66. The lowest BCUT2D eigenvalue weighted by Crippen LogP contribution is -2.50. The van der Waals surface area contributed by atoms with Gasteiger partial charge in [-0.3, -0.25) is 9.48 Å². The standard InChI is InChI=1S/C26H36N2O2/c1-15-21(16(2)28(5)27-15)12-17-13-23-20-7-6-18-14-19(29)8-10-25(18,3)22(20)9-11-26(23,4)24(17)30/h6,12,19-20,22-23,29H,7-11,13-14H2,1-5H3/b17-12-/t19-,20-,22+,23+,25-,26+/m0/s1. The summed E-state index contributed by atoms with van der Waals surface area (Å²) in [5, 5.41) is 14.8. The van der Waals surface area contributed by atoms with Crippen molar-refractivity contribution in [1.82, 2.24) is 9.78 Å². The molecule has 6 atom stereocenters. The van der Waals surface area contributed by atoms with Gasteiger partial charge in [-0.1, -0.05) is 25.5 Å². The quantitative estimate of drug-likeness (QED) is 0.530. The summed E-state index contributed by atoms with van der Waals surface area (Å²) in [5.74, 6) is 2.05. The first-order chi connectivity index (χ1) is 14.1. The third-order valence-corrected chi connectivity index (χ3v) is 9.60. The number of aryl methyl sites for hydroxylation is 2. The number of allylic oxidation sites excluding steroid dienone is 2. The van der Waals surface area contributed by atoms with Gasteiger partial charge in [-0.2, -0.15) is 5.10 Å². The minimum Gasteiger partial charge on any atom is -0.393 e. The Hall–Kier alpha value is -1.68. The molecule has 1 aromatic rings. The van der Waals surface area contributed by atoms with E-state index >= 15 is 0 Å². The van der Waals surface area contributed by atoms with Crippen LogP contribution in [-0.4, -0.2) is 26.8 Å². The third-order valence-electron chi connectivity index (χ3n) is 9.60. The van der Waals surface area contributed by atoms with E-state index in [0.717, 1.165) is 67.5 Å². The first kappa shape index (κ1) is 20.2. The smallest absolute Gasteiger partial charge is 0.165 e. The third kappa shape index (κ3) is 2.68. The van der Waals surface area contributed by atoms with Crippen LogP contribution in [0.5, 0.6) is 0 Å². The van der Waals surface area contributed by atoms with Gasteiger partial charge in [0.05, 0.1) is 11.8 Å². The molecule has 4 aliphatic rings. The van der Waals surface area contributed by atoms with Crippen molar-refractivity contribution in [2.75, 3.05) is 0 Å². The van der Waals surface area contributed by atoms with E-state index in [1.165, 1.54) is 5.57 Å². The van der Waals surface area contributed by atoms with Crippen molar-refractivity contribution in [2.24, 2.45) is 35.6 Å². The van der Waals surface area contributed by atoms with Gasteiger partial charge in [-0.25, -0.2) is 0 Å². The molecule has 0 saturated heterocycles. The van der Waals surface area contributed by atoms with Crippen molar-refractivity contribution in [3.63, 3.8) is 0 Å². The van der Waals surface area contributed by atoms with Crippen molar-refractivity contribution in [2.45, 2.75) is 78.7 Å². The number of hydrogen-bond donors (Lipinski definition) is 1. The number of aliphatic hydroxyl groups excluding tert-OH is 1. The number of aliphatic hydroxyl groups is 1. The summed E-state index contributed by atoms with van der Waals surface area (Å²) in [6.45, 7) is 8.81. The SMILES string of the molecule is Cc1nn(C)c(C)c1/C=C1/C[C@@H]2[C@H]3CC=C4C[C@@H](O)CC[C@]4(C)[C@@H]3CC[C@@]2(C)C1=O. The lowest BCUT2D eigenvalue weighted by Gasteiger charge is -2.56. The van der Waals surface area contributed by atoms with E-state index in [4.69, 9.17) is 0 Å². The highest BCUT2D eigenvalue weighted by molar-refractivity contribution is 6.06. The summed E-state index contributed by atoms with van der Waals surface area (Å²) in [6.07, 6.45) is 11.4. The summed E-state index contributed by atoms with van der Waals surface area (Å²) in [4.78, 5) is 13.6. The van der Waals surface area contributed by atoms with Crippen molar-refractivity contribution in [3.8, 4) is 0 Å². The summed E-state index contributed by atoms with van der Waals surface area (Å²) < 4.78 is 1.91. The maximum Gasteiger partial charge on any atom is 0.165 e. The fraction of sp³-hybridized carbons (Fsp3) is 0.692. The Bertz CT molecular complexity index is 970. The normalized spacial score (nSPS) is 42.0. The fourth-order valence-corrected chi connectivity index (χ4v) is 7.61. The summed E-state index contributed by atoms with van der Waals surface area (Å²) in [6, 6.07) is 0. The monoisotopic (exact) mass is 408 g/mol. The van der Waals surface area contributed by atoms with Gasteiger partial charge in [0.1, 0.15) is 0 Å². The molecule has 162 valence electrons.